The molecule has 1 atom stereocenters. The number of nitro groups is 1. The highest BCUT2D eigenvalue weighted by Crippen LogP contribution is 2.41. The predicted octanol–water partition coefficient (Wildman–Crippen LogP) is 2.22. The van der Waals surface area contributed by atoms with Crippen molar-refractivity contribution in [2.45, 2.75) is 12.8 Å². The first kappa shape index (κ1) is 12.3. The zero-order valence-corrected chi connectivity index (χ0v) is 10.9. The summed E-state index contributed by atoms with van der Waals surface area (Å²) in [6.45, 7) is 2.75. The van der Waals surface area contributed by atoms with Crippen LogP contribution in [0.2, 0.25) is 0 Å². The van der Waals surface area contributed by atoms with E-state index in [4.69, 9.17) is 5.73 Å². The highest BCUT2D eigenvalue weighted by molar-refractivity contribution is 5.71. The minimum absolute atomic E-state index is 0.111. The Morgan fingerprint density at radius 3 is 2.95 bits per heavy atom. The van der Waals surface area contributed by atoms with Gasteiger partial charge in [0, 0.05) is 36.5 Å². The van der Waals surface area contributed by atoms with Crippen molar-refractivity contribution < 1.29 is 4.92 Å². The third-order valence-electron chi connectivity index (χ3n) is 3.44. The average molecular weight is 271 g/mol. The first-order valence-electron chi connectivity index (χ1n) is 6.20. The van der Waals surface area contributed by atoms with Crippen LogP contribution in [0, 0.1) is 10.1 Å². The largest absolute Gasteiger partial charge is 0.368 e. The first-order valence-corrected chi connectivity index (χ1v) is 6.20. The fourth-order valence-corrected chi connectivity index (χ4v) is 2.50. The molecule has 0 saturated carbocycles. The van der Waals surface area contributed by atoms with E-state index >= 15 is 0 Å². The van der Waals surface area contributed by atoms with Crippen LogP contribution in [0.25, 0.3) is 0 Å². The summed E-state index contributed by atoms with van der Waals surface area (Å²) >= 11 is 0. The smallest absolute Gasteiger partial charge is 0.269 e. The highest BCUT2D eigenvalue weighted by atomic mass is 16.6. The molecular formula is C13H13N5O2. The van der Waals surface area contributed by atoms with E-state index in [9.17, 15) is 10.1 Å². The molecule has 0 radical (unpaired) electrons. The number of fused-ring (bicyclic) bond motifs is 1. The van der Waals surface area contributed by atoms with Crippen molar-refractivity contribution in [2.24, 2.45) is 0 Å². The van der Waals surface area contributed by atoms with E-state index in [1.807, 2.05) is 11.8 Å². The molecule has 102 valence electrons. The number of nitrogens with zero attached hydrogens (tertiary/aromatic N) is 4. The van der Waals surface area contributed by atoms with Crippen LogP contribution in [0.4, 0.5) is 23.1 Å². The van der Waals surface area contributed by atoms with Crippen molar-refractivity contribution in [1.29, 1.82) is 0 Å². The molecule has 0 saturated heterocycles. The Balaban J connectivity index is 2.06. The molecule has 0 amide bonds. The lowest BCUT2D eigenvalue weighted by Gasteiger charge is -2.18. The summed E-state index contributed by atoms with van der Waals surface area (Å²) in [5.41, 5.74) is 7.60. The van der Waals surface area contributed by atoms with Crippen molar-refractivity contribution in [3.63, 3.8) is 0 Å². The number of benzene rings is 1. The summed E-state index contributed by atoms with van der Waals surface area (Å²) in [7, 11) is 0. The third kappa shape index (κ3) is 1.93. The number of nitrogens with two attached hydrogens (primary N) is 1. The van der Waals surface area contributed by atoms with E-state index in [1.165, 1.54) is 6.07 Å². The Bertz CT molecular complexity index is 688. The normalized spacial score (nSPS) is 17.1. The fourth-order valence-electron chi connectivity index (χ4n) is 2.50. The van der Waals surface area contributed by atoms with Crippen molar-refractivity contribution in [3.05, 3.63) is 46.1 Å². The Labute approximate surface area is 115 Å². The lowest BCUT2D eigenvalue weighted by molar-refractivity contribution is -0.384. The molecule has 7 heteroatoms. The van der Waals surface area contributed by atoms with E-state index in [1.54, 1.807) is 24.4 Å². The zero-order chi connectivity index (χ0) is 14.3. The Kier molecular flexibility index (Phi) is 2.74. The molecule has 0 aliphatic carbocycles. The quantitative estimate of drug-likeness (QED) is 0.664. The third-order valence-corrected chi connectivity index (χ3v) is 3.44. The van der Waals surface area contributed by atoms with Crippen LogP contribution < -0.4 is 10.6 Å². The van der Waals surface area contributed by atoms with Crippen molar-refractivity contribution in [3.8, 4) is 0 Å². The molecule has 2 aromatic rings. The molecule has 0 bridgehead atoms. The van der Waals surface area contributed by atoms with Gasteiger partial charge < -0.3 is 10.6 Å². The van der Waals surface area contributed by atoms with Gasteiger partial charge in [0.15, 0.2) is 0 Å². The molecular weight excluding hydrogens is 258 g/mol. The van der Waals surface area contributed by atoms with E-state index in [2.05, 4.69) is 9.97 Å². The number of non-ortho nitro benzene ring substituents is 1. The van der Waals surface area contributed by atoms with Crippen molar-refractivity contribution in [1.82, 2.24) is 9.97 Å². The first-order chi connectivity index (χ1) is 9.56. The average Bonchev–Trinajstić information content (AvgIpc) is 2.76. The van der Waals surface area contributed by atoms with E-state index in [0.717, 1.165) is 11.3 Å². The lowest BCUT2D eigenvalue weighted by atomic mass is 10.0. The van der Waals surface area contributed by atoms with Gasteiger partial charge in [-0.05, 0) is 17.7 Å². The van der Waals surface area contributed by atoms with Gasteiger partial charge in [-0.2, -0.15) is 4.98 Å². The molecule has 1 aliphatic heterocycles. The Morgan fingerprint density at radius 1 is 1.45 bits per heavy atom. The maximum Gasteiger partial charge on any atom is 0.269 e. The van der Waals surface area contributed by atoms with Crippen LogP contribution in [0.15, 0.2) is 30.5 Å². The van der Waals surface area contributed by atoms with Crippen LogP contribution in [0.1, 0.15) is 18.4 Å². The molecule has 1 aromatic carbocycles. The summed E-state index contributed by atoms with van der Waals surface area (Å²) in [5.74, 6) is 1.11. The van der Waals surface area contributed by atoms with E-state index in [-0.39, 0.29) is 22.5 Å². The Hall–Kier alpha value is -2.70. The molecule has 1 unspecified atom stereocenters. The molecule has 2 N–H and O–H groups in total. The summed E-state index contributed by atoms with van der Waals surface area (Å²) in [6, 6.07) is 6.67. The lowest BCUT2D eigenvalue weighted by Crippen LogP contribution is -2.16. The number of anilines is 3. The van der Waals surface area contributed by atoms with Gasteiger partial charge in [0.05, 0.1) is 4.92 Å². The van der Waals surface area contributed by atoms with E-state index < -0.39 is 0 Å². The second-order valence-corrected chi connectivity index (χ2v) is 4.78. The molecule has 1 aliphatic rings. The molecule has 2 heterocycles. The predicted molar refractivity (Wildman–Crippen MR) is 75.0 cm³/mol. The molecule has 20 heavy (non-hydrogen) atoms. The second-order valence-electron chi connectivity index (χ2n) is 4.78. The van der Waals surface area contributed by atoms with Gasteiger partial charge in [-0.3, -0.25) is 10.1 Å². The number of hydrogen-bond donors (Lipinski definition) is 1. The number of hydrogen-bond acceptors (Lipinski definition) is 6. The SMILES string of the molecule is CC1CN(c2ccnc(N)n2)c2ccc([N+](=O)[O-])cc21. The van der Waals surface area contributed by atoms with Gasteiger partial charge in [-0.1, -0.05) is 6.92 Å². The van der Waals surface area contributed by atoms with Gasteiger partial charge in [-0.15, -0.1) is 0 Å². The number of rotatable bonds is 2. The Morgan fingerprint density at radius 2 is 2.25 bits per heavy atom. The van der Waals surface area contributed by atoms with Crippen molar-refractivity contribution in [2.75, 3.05) is 17.2 Å². The van der Waals surface area contributed by atoms with Crippen molar-refractivity contribution >= 4 is 23.1 Å². The maximum absolute atomic E-state index is 10.9. The van der Waals surface area contributed by atoms with Gasteiger partial charge in [0.25, 0.3) is 5.69 Å². The molecule has 1 aromatic heterocycles. The number of nitrogen functional groups attached to an aromatic ring is 1. The van der Waals surface area contributed by atoms with Crippen LogP contribution in [-0.4, -0.2) is 21.4 Å². The highest BCUT2D eigenvalue weighted by Gasteiger charge is 2.29. The summed E-state index contributed by atoms with van der Waals surface area (Å²) < 4.78 is 0. The standard InChI is InChI=1S/C13H13N5O2/c1-8-7-17(12-4-5-15-13(14)16-12)11-3-2-9(18(19)20)6-10(8)11/h2-6,8H,7H2,1H3,(H2,14,15,16). The zero-order valence-electron chi connectivity index (χ0n) is 10.9. The van der Waals surface area contributed by atoms with Crippen LogP contribution in [-0.2, 0) is 0 Å². The molecule has 0 fully saturated rings. The molecule has 3 rings (SSSR count). The molecule has 0 spiro atoms. The van der Waals surface area contributed by atoms with Crippen LogP contribution >= 0.6 is 0 Å². The summed E-state index contributed by atoms with van der Waals surface area (Å²) in [4.78, 5) is 20.6. The number of aromatic nitrogens is 2. The number of nitro benzene ring substituents is 1. The monoisotopic (exact) mass is 271 g/mol. The fraction of sp³-hybridized carbons (Fsp3) is 0.231. The van der Waals surface area contributed by atoms with Gasteiger partial charge >= 0.3 is 0 Å². The minimum Gasteiger partial charge on any atom is -0.368 e. The van der Waals surface area contributed by atoms with Gasteiger partial charge in [0.2, 0.25) is 5.95 Å². The van der Waals surface area contributed by atoms with E-state index in [0.29, 0.717) is 12.4 Å². The van der Waals surface area contributed by atoms with Crippen LogP contribution in [0.3, 0.4) is 0 Å². The van der Waals surface area contributed by atoms with Gasteiger partial charge in [-0.25, -0.2) is 4.98 Å². The summed E-state index contributed by atoms with van der Waals surface area (Å²) in [6.07, 6.45) is 1.60. The minimum atomic E-state index is -0.377. The maximum atomic E-state index is 10.9. The molecule has 7 nitrogen and oxygen atoms in total. The second kappa shape index (κ2) is 4.44. The topological polar surface area (TPSA) is 98.2 Å². The van der Waals surface area contributed by atoms with Crippen LogP contribution in [0.5, 0.6) is 0 Å². The summed E-state index contributed by atoms with van der Waals surface area (Å²) in [5, 5.41) is 10.9. The van der Waals surface area contributed by atoms with Gasteiger partial charge in [0.1, 0.15) is 5.82 Å².